The van der Waals surface area contributed by atoms with E-state index in [0.29, 0.717) is 0 Å². The fraction of sp³-hybridized carbons (Fsp3) is 0.857. The molecule has 1 saturated carbocycles. The van der Waals surface area contributed by atoms with Crippen molar-refractivity contribution >= 4 is 5.91 Å². The Labute approximate surface area is 68.1 Å². The highest BCUT2D eigenvalue weighted by Crippen LogP contribution is 2.48. The largest absolute Gasteiger partial charge is 0.411 e. The van der Waals surface area contributed by atoms with Gasteiger partial charge in [0.25, 0.3) is 0 Å². The van der Waals surface area contributed by atoms with E-state index < -0.39 is 17.6 Å². The van der Waals surface area contributed by atoms with Gasteiger partial charge >= 0.3 is 6.18 Å². The van der Waals surface area contributed by atoms with Gasteiger partial charge in [0, 0.05) is 6.42 Å². The third-order valence-corrected chi connectivity index (χ3v) is 1.99. The van der Waals surface area contributed by atoms with Gasteiger partial charge in [0.2, 0.25) is 5.91 Å². The second-order valence-corrected chi connectivity index (χ2v) is 2.98. The van der Waals surface area contributed by atoms with E-state index in [1.54, 1.807) is 0 Å². The summed E-state index contributed by atoms with van der Waals surface area (Å²) in [7, 11) is 0. The summed E-state index contributed by atoms with van der Waals surface area (Å²) in [6.07, 6.45) is -4.17. The van der Waals surface area contributed by atoms with Crippen molar-refractivity contribution in [1.29, 1.82) is 0 Å². The first-order valence-corrected chi connectivity index (χ1v) is 3.79. The Hall–Kier alpha value is -0.740. The van der Waals surface area contributed by atoms with Crippen LogP contribution in [0.1, 0.15) is 26.2 Å². The van der Waals surface area contributed by atoms with E-state index in [-0.39, 0.29) is 19.3 Å². The average molecular weight is 181 g/mol. The smallest absolute Gasteiger partial charge is 0.342 e. The van der Waals surface area contributed by atoms with Crippen molar-refractivity contribution in [2.75, 3.05) is 0 Å². The summed E-state index contributed by atoms with van der Waals surface area (Å²) in [5.41, 5.74) is -1.89. The molecule has 1 amide bonds. The Balaban J connectivity index is 2.56. The molecule has 1 rings (SSSR count). The summed E-state index contributed by atoms with van der Waals surface area (Å²) in [5, 5.41) is 1.99. The maximum absolute atomic E-state index is 12.2. The lowest BCUT2D eigenvalue weighted by Gasteiger charge is -2.20. The molecular weight excluding hydrogens is 171 g/mol. The Morgan fingerprint density at radius 3 is 2.25 bits per heavy atom. The maximum atomic E-state index is 12.2. The van der Waals surface area contributed by atoms with Crippen molar-refractivity contribution in [1.82, 2.24) is 5.32 Å². The highest BCUT2D eigenvalue weighted by Gasteiger charge is 2.64. The molecule has 0 saturated heterocycles. The van der Waals surface area contributed by atoms with Crippen LogP contribution in [0.4, 0.5) is 13.2 Å². The van der Waals surface area contributed by atoms with Crippen LogP contribution in [0.3, 0.4) is 0 Å². The first kappa shape index (κ1) is 9.35. The van der Waals surface area contributed by atoms with Crippen molar-refractivity contribution in [2.24, 2.45) is 0 Å². The molecule has 1 aliphatic rings. The number of hydrogen-bond donors (Lipinski definition) is 1. The standard InChI is InChI=1S/C7H10F3NO/c1-2-5(12)11-6(3-4-6)7(8,9)10/h2-4H2,1H3,(H,11,12). The van der Waals surface area contributed by atoms with Crippen molar-refractivity contribution < 1.29 is 18.0 Å². The van der Waals surface area contributed by atoms with Gasteiger partial charge in [-0.1, -0.05) is 6.92 Å². The molecule has 0 radical (unpaired) electrons. The lowest BCUT2D eigenvalue weighted by molar-refractivity contribution is -0.170. The Kier molecular flexibility index (Phi) is 2.06. The summed E-state index contributed by atoms with van der Waals surface area (Å²) in [4.78, 5) is 10.7. The molecule has 0 bridgehead atoms. The quantitative estimate of drug-likeness (QED) is 0.688. The molecular formula is C7H10F3NO. The van der Waals surface area contributed by atoms with Crippen LogP contribution in [0.2, 0.25) is 0 Å². The molecule has 12 heavy (non-hydrogen) atoms. The van der Waals surface area contributed by atoms with E-state index >= 15 is 0 Å². The van der Waals surface area contributed by atoms with Crippen LogP contribution in [0.15, 0.2) is 0 Å². The fourth-order valence-electron chi connectivity index (χ4n) is 0.960. The van der Waals surface area contributed by atoms with Gasteiger partial charge in [-0.15, -0.1) is 0 Å². The fourth-order valence-corrected chi connectivity index (χ4v) is 0.960. The number of halogens is 3. The molecule has 0 heterocycles. The minimum absolute atomic E-state index is 0.0161. The molecule has 1 N–H and O–H groups in total. The highest BCUT2D eigenvalue weighted by molar-refractivity contribution is 5.77. The van der Waals surface area contributed by atoms with Crippen molar-refractivity contribution in [3.05, 3.63) is 0 Å². The first-order chi connectivity index (χ1) is 5.41. The van der Waals surface area contributed by atoms with Crippen molar-refractivity contribution in [3.63, 3.8) is 0 Å². The van der Waals surface area contributed by atoms with Gasteiger partial charge in [-0.25, -0.2) is 0 Å². The zero-order valence-corrected chi connectivity index (χ0v) is 6.66. The van der Waals surface area contributed by atoms with Gasteiger partial charge < -0.3 is 5.32 Å². The number of hydrogen-bond acceptors (Lipinski definition) is 1. The van der Waals surface area contributed by atoms with Gasteiger partial charge in [0.15, 0.2) is 0 Å². The molecule has 0 spiro atoms. The molecule has 0 unspecified atom stereocenters. The monoisotopic (exact) mass is 181 g/mol. The number of alkyl halides is 3. The topological polar surface area (TPSA) is 29.1 Å². The predicted octanol–water partition coefficient (Wildman–Crippen LogP) is 1.61. The van der Waals surface area contributed by atoms with Crippen LogP contribution in [-0.4, -0.2) is 17.6 Å². The van der Waals surface area contributed by atoms with E-state index in [1.807, 2.05) is 5.32 Å². The molecule has 0 aliphatic heterocycles. The molecule has 70 valence electrons. The minimum Gasteiger partial charge on any atom is -0.342 e. The third kappa shape index (κ3) is 1.54. The minimum atomic E-state index is -4.29. The average Bonchev–Trinajstić information content (AvgIpc) is 2.67. The van der Waals surface area contributed by atoms with E-state index in [1.165, 1.54) is 6.92 Å². The first-order valence-electron chi connectivity index (χ1n) is 3.79. The predicted molar refractivity (Wildman–Crippen MR) is 36.5 cm³/mol. The summed E-state index contributed by atoms with van der Waals surface area (Å²) >= 11 is 0. The van der Waals surface area contributed by atoms with Crippen LogP contribution in [0.25, 0.3) is 0 Å². The van der Waals surface area contributed by atoms with Gasteiger partial charge in [0.1, 0.15) is 5.54 Å². The summed E-state index contributed by atoms with van der Waals surface area (Å²) in [6, 6.07) is 0. The molecule has 0 aromatic heterocycles. The highest BCUT2D eigenvalue weighted by atomic mass is 19.4. The zero-order chi connectivity index (χ0) is 9.41. The molecule has 0 aromatic carbocycles. The third-order valence-electron chi connectivity index (χ3n) is 1.99. The van der Waals surface area contributed by atoms with Gasteiger partial charge in [0.05, 0.1) is 0 Å². The molecule has 1 fully saturated rings. The number of rotatable bonds is 2. The van der Waals surface area contributed by atoms with Crippen LogP contribution < -0.4 is 5.32 Å². The molecule has 0 aromatic rings. The molecule has 0 atom stereocenters. The second-order valence-electron chi connectivity index (χ2n) is 2.98. The maximum Gasteiger partial charge on any atom is 0.411 e. The number of nitrogens with one attached hydrogen (secondary N) is 1. The lowest BCUT2D eigenvalue weighted by atomic mass is 10.2. The lowest BCUT2D eigenvalue weighted by Crippen LogP contribution is -2.47. The number of carbonyl (C=O) groups is 1. The Bertz CT molecular complexity index is 195. The van der Waals surface area contributed by atoms with E-state index in [0.717, 1.165) is 0 Å². The summed E-state index contributed by atoms with van der Waals surface area (Å²) in [6.45, 7) is 1.53. The Morgan fingerprint density at radius 2 is 2.00 bits per heavy atom. The van der Waals surface area contributed by atoms with Crippen LogP contribution in [-0.2, 0) is 4.79 Å². The number of carbonyl (C=O) groups excluding carboxylic acids is 1. The van der Waals surface area contributed by atoms with Crippen molar-refractivity contribution in [3.8, 4) is 0 Å². The molecule has 5 heteroatoms. The van der Waals surface area contributed by atoms with Gasteiger partial charge in [-0.2, -0.15) is 13.2 Å². The van der Waals surface area contributed by atoms with E-state index in [9.17, 15) is 18.0 Å². The second kappa shape index (κ2) is 2.64. The van der Waals surface area contributed by atoms with Gasteiger partial charge in [-0.3, -0.25) is 4.79 Å². The zero-order valence-electron chi connectivity index (χ0n) is 6.66. The summed E-state index contributed by atoms with van der Waals surface area (Å²) < 4.78 is 36.5. The SMILES string of the molecule is CCC(=O)NC1(C(F)(F)F)CC1. The van der Waals surface area contributed by atoms with Crippen molar-refractivity contribution in [2.45, 2.75) is 37.9 Å². The van der Waals surface area contributed by atoms with Crippen LogP contribution in [0.5, 0.6) is 0 Å². The Morgan fingerprint density at radius 1 is 1.50 bits per heavy atom. The number of amides is 1. The molecule has 1 aliphatic carbocycles. The molecule has 2 nitrogen and oxygen atoms in total. The summed E-state index contributed by atoms with van der Waals surface area (Å²) in [5.74, 6) is -0.537. The van der Waals surface area contributed by atoms with E-state index in [4.69, 9.17) is 0 Å². The van der Waals surface area contributed by atoms with Gasteiger partial charge in [-0.05, 0) is 12.8 Å². The van der Waals surface area contributed by atoms with Crippen LogP contribution >= 0.6 is 0 Å². The normalized spacial score (nSPS) is 20.3. The van der Waals surface area contributed by atoms with Crippen LogP contribution in [0, 0.1) is 0 Å². The van der Waals surface area contributed by atoms with E-state index in [2.05, 4.69) is 0 Å².